The lowest BCUT2D eigenvalue weighted by Gasteiger charge is -2.14. The van der Waals surface area contributed by atoms with E-state index in [1.54, 1.807) is 0 Å². The van der Waals surface area contributed by atoms with E-state index in [-0.39, 0.29) is 12.0 Å². The van der Waals surface area contributed by atoms with Crippen molar-refractivity contribution in [2.75, 3.05) is 13.2 Å². The zero-order valence-corrected chi connectivity index (χ0v) is 14.1. The summed E-state index contributed by atoms with van der Waals surface area (Å²) in [6, 6.07) is 16.0. The molecule has 0 bridgehead atoms. The Kier molecular flexibility index (Phi) is 6.36. The highest BCUT2D eigenvalue weighted by atomic mass is 16.5. The van der Waals surface area contributed by atoms with Crippen LogP contribution in [0.4, 0.5) is 0 Å². The number of carbonyl (C=O) groups is 1. The molecule has 0 fully saturated rings. The van der Waals surface area contributed by atoms with Gasteiger partial charge in [0.1, 0.15) is 0 Å². The molecule has 3 nitrogen and oxygen atoms in total. The highest BCUT2D eigenvalue weighted by molar-refractivity contribution is 5.95. The molecule has 2 aromatic carbocycles. The van der Waals surface area contributed by atoms with Gasteiger partial charge in [-0.1, -0.05) is 42.5 Å². The van der Waals surface area contributed by atoms with Crippen LogP contribution in [0, 0.1) is 13.8 Å². The van der Waals surface area contributed by atoms with Crippen molar-refractivity contribution in [3.8, 4) is 0 Å². The Morgan fingerprint density at radius 3 is 2.57 bits per heavy atom. The molecule has 1 N–H and O–H groups in total. The molecule has 0 heterocycles. The van der Waals surface area contributed by atoms with E-state index in [1.165, 1.54) is 5.56 Å². The second kappa shape index (κ2) is 8.49. The van der Waals surface area contributed by atoms with Gasteiger partial charge >= 0.3 is 0 Å². The van der Waals surface area contributed by atoms with E-state index >= 15 is 0 Å². The van der Waals surface area contributed by atoms with E-state index in [9.17, 15) is 4.79 Å². The second-order valence-corrected chi connectivity index (χ2v) is 5.78. The van der Waals surface area contributed by atoms with Gasteiger partial charge < -0.3 is 10.1 Å². The molecule has 0 aliphatic rings. The Hall–Kier alpha value is -2.13. The predicted molar refractivity (Wildman–Crippen MR) is 93.7 cm³/mol. The number of amides is 1. The molecular weight excluding hydrogens is 286 g/mol. The Bertz CT molecular complexity index is 637. The molecule has 1 atom stereocenters. The molecule has 0 saturated heterocycles. The first-order chi connectivity index (χ1) is 11.1. The summed E-state index contributed by atoms with van der Waals surface area (Å²) in [6.07, 6.45) is 0.874. The van der Waals surface area contributed by atoms with Crippen LogP contribution in [0.25, 0.3) is 0 Å². The predicted octanol–water partition coefficient (Wildman–Crippen LogP) is 4.20. The van der Waals surface area contributed by atoms with Crippen LogP contribution in [0.2, 0.25) is 0 Å². The Labute approximate surface area is 138 Å². The van der Waals surface area contributed by atoms with Gasteiger partial charge in [0.05, 0.1) is 6.10 Å². The fourth-order valence-corrected chi connectivity index (χ4v) is 2.45. The third-order valence-electron chi connectivity index (χ3n) is 4.09. The largest absolute Gasteiger partial charge is 0.374 e. The summed E-state index contributed by atoms with van der Waals surface area (Å²) in [5, 5.41) is 2.96. The fourth-order valence-electron chi connectivity index (χ4n) is 2.45. The first-order valence-electron chi connectivity index (χ1n) is 8.10. The lowest BCUT2D eigenvalue weighted by molar-refractivity contribution is 0.0635. The van der Waals surface area contributed by atoms with Gasteiger partial charge in [0.2, 0.25) is 0 Å². The minimum Gasteiger partial charge on any atom is -0.374 e. The van der Waals surface area contributed by atoms with Crippen LogP contribution in [-0.4, -0.2) is 19.1 Å². The zero-order valence-electron chi connectivity index (χ0n) is 14.1. The van der Waals surface area contributed by atoms with Crippen LogP contribution < -0.4 is 5.32 Å². The van der Waals surface area contributed by atoms with Crippen molar-refractivity contribution < 1.29 is 9.53 Å². The van der Waals surface area contributed by atoms with Crippen LogP contribution in [0.15, 0.2) is 48.5 Å². The van der Waals surface area contributed by atoms with Crippen LogP contribution in [-0.2, 0) is 4.74 Å². The van der Waals surface area contributed by atoms with Crippen LogP contribution in [0.5, 0.6) is 0 Å². The molecule has 2 rings (SSSR count). The first-order valence-corrected chi connectivity index (χ1v) is 8.10. The molecule has 3 heteroatoms. The molecule has 0 saturated carbocycles. The van der Waals surface area contributed by atoms with Gasteiger partial charge in [0.15, 0.2) is 0 Å². The minimum absolute atomic E-state index is 0.0118. The van der Waals surface area contributed by atoms with Crippen LogP contribution in [0.1, 0.15) is 46.5 Å². The molecule has 0 aromatic heterocycles. The molecule has 0 aliphatic carbocycles. The molecule has 122 valence electrons. The number of rotatable bonds is 7. The van der Waals surface area contributed by atoms with E-state index < -0.39 is 0 Å². The lowest BCUT2D eigenvalue weighted by atomic mass is 10.0. The molecule has 2 aromatic rings. The van der Waals surface area contributed by atoms with Crippen LogP contribution >= 0.6 is 0 Å². The maximum atomic E-state index is 12.2. The van der Waals surface area contributed by atoms with E-state index in [0.29, 0.717) is 13.2 Å². The lowest BCUT2D eigenvalue weighted by Crippen LogP contribution is -2.26. The molecule has 23 heavy (non-hydrogen) atoms. The van der Waals surface area contributed by atoms with Gasteiger partial charge in [0.25, 0.3) is 5.91 Å². The van der Waals surface area contributed by atoms with Gasteiger partial charge in [-0.2, -0.15) is 0 Å². The summed E-state index contributed by atoms with van der Waals surface area (Å²) in [6.45, 7) is 7.29. The summed E-state index contributed by atoms with van der Waals surface area (Å²) in [7, 11) is 0. The summed E-state index contributed by atoms with van der Waals surface area (Å²) < 4.78 is 5.81. The van der Waals surface area contributed by atoms with E-state index in [4.69, 9.17) is 4.74 Å². The molecule has 1 amide bonds. The fraction of sp³-hybridized carbons (Fsp3) is 0.350. The molecule has 0 unspecified atom stereocenters. The normalized spacial score (nSPS) is 12.0. The third kappa shape index (κ3) is 4.93. The molecule has 0 radical (unpaired) electrons. The second-order valence-electron chi connectivity index (χ2n) is 5.78. The van der Waals surface area contributed by atoms with Crippen molar-refractivity contribution in [2.24, 2.45) is 0 Å². The zero-order chi connectivity index (χ0) is 16.7. The number of hydrogen-bond acceptors (Lipinski definition) is 2. The number of benzene rings is 2. The summed E-state index contributed by atoms with van der Waals surface area (Å²) in [4.78, 5) is 12.2. The van der Waals surface area contributed by atoms with Crippen molar-refractivity contribution in [3.05, 3.63) is 70.8 Å². The Balaban J connectivity index is 1.71. The van der Waals surface area contributed by atoms with E-state index in [2.05, 4.69) is 17.4 Å². The molecule has 0 aliphatic heterocycles. The summed E-state index contributed by atoms with van der Waals surface area (Å²) in [5.41, 5.74) is 4.10. The highest BCUT2D eigenvalue weighted by Gasteiger charge is 2.09. The van der Waals surface area contributed by atoms with Crippen molar-refractivity contribution in [1.29, 1.82) is 0 Å². The maximum absolute atomic E-state index is 12.2. The van der Waals surface area contributed by atoms with E-state index in [1.807, 2.05) is 57.2 Å². The first kappa shape index (κ1) is 17.2. The van der Waals surface area contributed by atoms with Crippen molar-refractivity contribution in [2.45, 2.75) is 33.3 Å². The summed E-state index contributed by atoms with van der Waals surface area (Å²) in [5.74, 6) is -0.0118. The summed E-state index contributed by atoms with van der Waals surface area (Å²) >= 11 is 0. The maximum Gasteiger partial charge on any atom is 0.251 e. The van der Waals surface area contributed by atoms with Crippen molar-refractivity contribution in [1.82, 2.24) is 5.32 Å². The van der Waals surface area contributed by atoms with E-state index in [0.717, 1.165) is 23.1 Å². The number of hydrogen-bond donors (Lipinski definition) is 1. The van der Waals surface area contributed by atoms with Gasteiger partial charge in [-0.3, -0.25) is 4.79 Å². The van der Waals surface area contributed by atoms with Crippen molar-refractivity contribution >= 4 is 5.91 Å². The Morgan fingerprint density at radius 1 is 1.09 bits per heavy atom. The number of carbonyl (C=O) groups excluding carboxylic acids is 1. The highest BCUT2D eigenvalue weighted by Crippen LogP contribution is 2.16. The van der Waals surface area contributed by atoms with Crippen molar-refractivity contribution in [3.63, 3.8) is 0 Å². The number of nitrogens with one attached hydrogen (secondary N) is 1. The van der Waals surface area contributed by atoms with Crippen LogP contribution in [0.3, 0.4) is 0 Å². The monoisotopic (exact) mass is 311 g/mol. The topological polar surface area (TPSA) is 38.3 Å². The quantitative estimate of drug-likeness (QED) is 0.778. The SMILES string of the molecule is Cc1cccc(C(=O)NCCCO[C@H](C)c2ccccc2)c1C. The number of ether oxygens (including phenoxy) is 1. The third-order valence-corrected chi connectivity index (χ3v) is 4.09. The standard InChI is InChI=1S/C20H25NO2/c1-15-9-7-12-19(16(15)2)20(22)21-13-8-14-23-17(3)18-10-5-4-6-11-18/h4-7,9-12,17H,8,13-14H2,1-3H3,(H,21,22)/t17-/m1/s1. The van der Waals surface area contributed by atoms with Gasteiger partial charge in [-0.05, 0) is 49.9 Å². The average Bonchev–Trinajstić information content (AvgIpc) is 2.57. The number of aryl methyl sites for hydroxylation is 1. The van der Waals surface area contributed by atoms with Gasteiger partial charge in [0, 0.05) is 18.7 Å². The van der Waals surface area contributed by atoms with Gasteiger partial charge in [-0.15, -0.1) is 0 Å². The molecular formula is C20H25NO2. The molecule has 0 spiro atoms. The van der Waals surface area contributed by atoms with Gasteiger partial charge in [-0.25, -0.2) is 0 Å². The minimum atomic E-state index is -0.0118. The Morgan fingerprint density at radius 2 is 1.83 bits per heavy atom. The average molecular weight is 311 g/mol. The smallest absolute Gasteiger partial charge is 0.251 e.